The predicted octanol–water partition coefficient (Wildman–Crippen LogP) is 2.52. The van der Waals surface area contributed by atoms with Crippen LogP contribution >= 0.6 is 36.4 Å². The number of fused-ring (bicyclic) bond motifs is 1. The maximum absolute atomic E-state index is 12.6. The van der Waals surface area contributed by atoms with Gasteiger partial charge in [-0.1, -0.05) is 35.9 Å². The first-order chi connectivity index (χ1) is 11.1. The fourth-order valence-corrected chi connectivity index (χ4v) is 4.28. The molecule has 1 heterocycles. The normalized spacial score (nSPS) is 15.4. The summed E-state index contributed by atoms with van der Waals surface area (Å²) in [6, 6.07) is 10.5. The molecule has 2 aromatic rings. The molecule has 1 aliphatic rings. The van der Waals surface area contributed by atoms with E-state index in [4.69, 9.17) is 11.6 Å². The highest BCUT2D eigenvalue weighted by Crippen LogP contribution is 2.28. The highest BCUT2D eigenvalue weighted by atomic mass is 35.5. The standard InChI is InChI=1S/C16H20ClN3O2S.2ClH/c17-15-5-6-16(14-4-2-1-3-13(14)15)23(21,22)19-9-12-20-10-7-18-8-11-20;;/h1-6,18-19H,7-12H2;2*1H. The second kappa shape index (κ2) is 9.92. The van der Waals surface area contributed by atoms with Gasteiger partial charge in [0.1, 0.15) is 0 Å². The lowest BCUT2D eigenvalue weighted by Crippen LogP contribution is -2.46. The Morgan fingerprint density at radius 1 is 1.04 bits per heavy atom. The number of halogens is 3. The van der Waals surface area contributed by atoms with Crippen molar-refractivity contribution in [2.75, 3.05) is 39.3 Å². The molecule has 1 saturated heterocycles. The van der Waals surface area contributed by atoms with Crippen LogP contribution in [0.15, 0.2) is 41.3 Å². The van der Waals surface area contributed by atoms with Crippen LogP contribution in [-0.2, 0) is 10.0 Å². The first-order valence-corrected chi connectivity index (χ1v) is 9.54. The molecule has 0 spiro atoms. The number of piperazine rings is 1. The van der Waals surface area contributed by atoms with Crippen LogP contribution in [0.5, 0.6) is 0 Å². The predicted molar refractivity (Wildman–Crippen MR) is 108 cm³/mol. The molecular weight excluding hydrogens is 405 g/mol. The fourth-order valence-electron chi connectivity index (χ4n) is 2.82. The van der Waals surface area contributed by atoms with Gasteiger partial charge in [0.15, 0.2) is 0 Å². The molecule has 2 N–H and O–H groups in total. The van der Waals surface area contributed by atoms with E-state index in [1.165, 1.54) is 0 Å². The third kappa shape index (κ3) is 5.44. The van der Waals surface area contributed by atoms with E-state index >= 15 is 0 Å². The average Bonchev–Trinajstić information content (AvgIpc) is 2.56. The highest BCUT2D eigenvalue weighted by molar-refractivity contribution is 7.89. The lowest BCUT2D eigenvalue weighted by molar-refractivity contribution is 0.245. The molecule has 9 heteroatoms. The molecule has 25 heavy (non-hydrogen) atoms. The number of sulfonamides is 1. The molecule has 0 unspecified atom stereocenters. The number of nitrogens with one attached hydrogen (secondary N) is 2. The summed E-state index contributed by atoms with van der Waals surface area (Å²) in [6.07, 6.45) is 0. The average molecular weight is 427 g/mol. The number of hydrogen-bond donors (Lipinski definition) is 2. The number of rotatable bonds is 5. The Hall–Kier alpha value is -0.600. The second-order valence-electron chi connectivity index (χ2n) is 5.58. The molecule has 0 atom stereocenters. The van der Waals surface area contributed by atoms with E-state index in [0.29, 0.717) is 23.5 Å². The number of nitrogens with zero attached hydrogens (tertiary/aromatic N) is 1. The zero-order chi connectivity index (χ0) is 16.3. The smallest absolute Gasteiger partial charge is 0.241 e. The molecule has 0 aliphatic carbocycles. The van der Waals surface area contributed by atoms with Crippen molar-refractivity contribution in [2.45, 2.75) is 4.90 Å². The second-order valence-corrected chi connectivity index (χ2v) is 7.72. The minimum absolute atomic E-state index is 0. The summed E-state index contributed by atoms with van der Waals surface area (Å²) in [5.74, 6) is 0. The van der Waals surface area contributed by atoms with Crippen molar-refractivity contribution >= 4 is 57.2 Å². The molecule has 0 amide bonds. The van der Waals surface area contributed by atoms with Gasteiger partial charge in [-0.15, -0.1) is 24.8 Å². The monoisotopic (exact) mass is 425 g/mol. The van der Waals surface area contributed by atoms with Crippen LogP contribution in [0.25, 0.3) is 10.8 Å². The SMILES string of the molecule is Cl.Cl.O=S(=O)(NCCN1CCNCC1)c1ccc(Cl)c2ccccc12. The van der Waals surface area contributed by atoms with Crippen molar-refractivity contribution in [3.63, 3.8) is 0 Å². The van der Waals surface area contributed by atoms with Crippen LogP contribution in [0, 0.1) is 0 Å². The highest BCUT2D eigenvalue weighted by Gasteiger charge is 2.18. The zero-order valence-electron chi connectivity index (χ0n) is 13.6. The van der Waals surface area contributed by atoms with Crippen LogP contribution < -0.4 is 10.0 Å². The number of hydrogen-bond acceptors (Lipinski definition) is 4. The summed E-state index contributed by atoms with van der Waals surface area (Å²) in [7, 11) is -3.56. The molecule has 1 fully saturated rings. The van der Waals surface area contributed by atoms with Crippen molar-refractivity contribution in [1.29, 1.82) is 0 Å². The van der Waals surface area contributed by atoms with Crippen LogP contribution in [0.3, 0.4) is 0 Å². The molecule has 3 rings (SSSR count). The van der Waals surface area contributed by atoms with Crippen molar-refractivity contribution in [2.24, 2.45) is 0 Å². The van der Waals surface area contributed by atoms with E-state index in [9.17, 15) is 8.42 Å². The molecule has 0 radical (unpaired) electrons. The largest absolute Gasteiger partial charge is 0.314 e. The van der Waals surface area contributed by atoms with Crippen LogP contribution in [0.1, 0.15) is 0 Å². The van der Waals surface area contributed by atoms with Gasteiger partial charge in [0.05, 0.1) is 4.90 Å². The van der Waals surface area contributed by atoms with Gasteiger partial charge >= 0.3 is 0 Å². The van der Waals surface area contributed by atoms with E-state index in [1.807, 2.05) is 18.2 Å². The molecule has 5 nitrogen and oxygen atoms in total. The van der Waals surface area contributed by atoms with Gasteiger partial charge in [-0.2, -0.15) is 0 Å². The van der Waals surface area contributed by atoms with Crippen molar-refractivity contribution in [3.05, 3.63) is 41.4 Å². The van der Waals surface area contributed by atoms with Gasteiger partial charge in [-0.25, -0.2) is 13.1 Å². The first-order valence-electron chi connectivity index (χ1n) is 7.68. The number of benzene rings is 2. The van der Waals surface area contributed by atoms with Crippen LogP contribution in [0.4, 0.5) is 0 Å². The Morgan fingerprint density at radius 3 is 2.36 bits per heavy atom. The summed E-state index contributed by atoms with van der Waals surface area (Å²) < 4.78 is 27.9. The molecule has 0 bridgehead atoms. The lowest BCUT2D eigenvalue weighted by atomic mass is 10.1. The Kier molecular flexibility index (Phi) is 8.91. The van der Waals surface area contributed by atoms with Crippen LogP contribution in [-0.4, -0.2) is 52.6 Å². The minimum atomic E-state index is -3.56. The lowest BCUT2D eigenvalue weighted by Gasteiger charge is -2.27. The Labute approximate surface area is 166 Å². The maximum atomic E-state index is 12.6. The molecule has 2 aromatic carbocycles. The minimum Gasteiger partial charge on any atom is -0.314 e. The Morgan fingerprint density at radius 2 is 1.68 bits per heavy atom. The Bertz CT molecular complexity index is 796. The summed E-state index contributed by atoms with van der Waals surface area (Å²) in [5, 5.41) is 5.23. The van der Waals surface area contributed by atoms with Gasteiger partial charge < -0.3 is 5.32 Å². The van der Waals surface area contributed by atoms with E-state index < -0.39 is 10.0 Å². The van der Waals surface area contributed by atoms with Gasteiger partial charge in [0, 0.05) is 55.1 Å². The van der Waals surface area contributed by atoms with Crippen molar-refractivity contribution in [3.8, 4) is 0 Å². The third-order valence-electron chi connectivity index (χ3n) is 4.05. The molecule has 0 aromatic heterocycles. The molecule has 0 saturated carbocycles. The summed E-state index contributed by atoms with van der Waals surface area (Å²) in [6.45, 7) is 4.92. The van der Waals surface area contributed by atoms with E-state index in [1.54, 1.807) is 18.2 Å². The van der Waals surface area contributed by atoms with Gasteiger partial charge in [0.2, 0.25) is 10.0 Å². The Balaban J connectivity index is 0.00000156. The van der Waals surface area contributed by atoms with Crippen molar-refractivity contribution in [1.82, 2.24) is 14.9 Å². The topological polar surface area (TPSA) is 61.4 Å². The van der Waals surface area contributed by atoms with Gasteiger partial charge in [0.25, 0.3) is 0 Å². The maximum Gasteiger partial charge on any atom is 0.241 e. The van der Waals surface area contributed by atoms with E-state index in [-0.39, 0.29) is 29.7 Å². The third-order valence-corrected chi connectivity index (χ3v) is 5.90. The van der Waals surface area contributed by atoms with Crippen LogP contribution in [0.2, 0.25) is 5.02 Å². The van der Waals surface area contributed by atoms with E-state index in [0.717, 1.165) is 31.6 Å². The first kappa shape index (κ1) is 22.4. The molecule has 1 aliphatic heterocycles. The summed E-state index contributed by atoms with van der Waals surface area (Å²) >= 11 is 6.16. The van der Waals surface area contributed by atoms with E-state index in [2.05, 4.69) is 14.9 Å². The fraction of sp³-hybridized carbons (Fsp3) is 0.375. The van der Waals surface area contributed by atoms with Gasteiger partial charge in [-0.3, -0.25) is 4.90 Å². The summed E-state index contributed by atoms with van der Waals surface area (Å²) in [5.41, 5.74) is 0. The van der Waals surface area contributed by atoms with Gasteiger partial charge in [-0.05, 0) is 12.1 Å². The molecular formula is C16H22Cl3N3O2S. The quantitative estimate of drug-likeness (QED) is 0.771. The van der Waals surface area contributed by atoms with Crippen molar-refractivity contribution < 1.29 is 8.42 Å². The zero-order valence-corrected chi connectivity index (χ0v) is 16.8. The molecule has 140 valence electrons. The summed E-state index contributed by atoms with van der Waals surface area (Å²) in [4.78, 5) is 2.52.